The van der Waals surface area contributed by atoms with Crippen molar-refractivity contribution in [2.24, 2.45) is 5.73 Å². The molecule has 0 rings (SSSR count). The Bertz CT molecular complexity index is 213. The van der Waals surface area contributed by atoms with Gasteiger partial charge in [0.15, 0.2) is 8.80 Å². The number of carboxylic acid groups (broad SMARTS) is 2. The molecular weight excluding hydrogens is 216 g/mol. The Balaban J connectivity index is 3.53. The second-order valence-corrected chi connectivity index (χ2v) is 6.37. The molecule has 5 N–H and O–H groups in total. The first-order valence-electron chi connectivity index (χ1n) is 4.93. The molecule has 0 fully saturated rings. The highest BCUT2D eigenvalue weighted by Crippen LogP contribution is 2.02. The van der Waals surface area contributed by atoms with Gasteiger partial charge in [-0.2, -0.15) is 0 Å². The van der Waals surface area contributed by atoms with Gasteiger partial charge in [0.1, 0.15) is 0 Å². The first-order valence-corrected chi connectivity index (χ1v) is 7.14. The third-order valence-corrected chi connectivity index (χ3v) is 4.88. The molecule has 0 heterocycles. The van der Waals surface area contributed by atoms with Crippen LogP contribution in [0.1, 0.15) is 6.42 Å². The number of hydrogen-bond donors (Lipinski definition) is 4. The van der Waals surface area contributed by atoms with E-state index >= 15 is 0 Å². The normalized spacial score (nSPS) is 12.3. The molecule has 6 nitrogen and oxygen atoms in total. The van der Waals surface area contributed by atoms with Crippen LogP contribution in [-0.4, -0.2) is 50.2 Å². The maximum atomic E-state index is 10.8. The molecule has 0 aromatic carbocycles. The maximum Gasteiger partial charge on any atom is 0.317 e. The van der Waals surface area contributed by atoms with Crippen LogP contribution in [0.25, 0.3) is 0 Å². The van der Waals surface area contributed by atoms with Gasteiger partial charge in [-0.25, -0.2) is 0 Å². The van der Waals surface area contributed by atoms with E-state index in [1.54, 1.807) is 0 Å². The molecule has 0 saturated heterocycles. The Morgan fingerprint density at radius 1 is 1.27 bits per heavy atom. The summed E-state index contributed by atoms with van der Waals surface area (Å²) in [6, 6.07) is 1.27. The van der Waals surface area contributed by atoms with E-state index in [0.29, 0.717) is 31.6 Å². The van der Waals surface area contributed by atoms with E-state index in [2.05, 4.69) is 5.32 Å². The zero-order valence-electron chi connectivity index (χ0n) is 8.61. The Morgan fingerprint density at radius 3 is 2.40 bits per heavy atom. The highest BCUT2D eigenvalue weighted by atomic mass is 28.3. The Morgan fingerprint density at radius 2 is 1.93 bits per heavy atom. The van der Waals surface area contributed by atoms with Gasteiger partial charge in [-0.15, -0.1) is 0 Å². The molecule has 15 heavy (non-hydrogen) atoms. The summed E-state index contributed by atoms with van der Waals surface area (Å²) in [5.74, 6) is -0.899. The lowest BCUT2D eigenvalue weighted by Crippen LogP contribution is -2.29. The van der Waals surface area contributed by atoms with Crippen molar-refractivity contribution in [2.75, 3.05) is 19.6 Å². The zero-order chi connectivity index (χ0) is 11.7. The molecule has 0 saturated carbocycles. The fraction of sp³-hybridized carbons (Fsp3) is 0.750. The van der Waals surface area contributed by atoms with Crippen molar-refractivity contribution >= 4 is 20.4 Å². The number of nitrogens with one attached hydrogen (secondary N) is 1. The molecular formula is C8H18N2O4Si. The summed E-state index contributed by atoms with van der Waals surface area (Å²) in [5, 5.41) is 19.9. The van der Waals surface area contributed by atoms with Gasteiger partial charge in [0, 0.05) is 0 Å². The fourth-order valence-electron chi connectivity index (χ4n) is 1.26. The maximum absolute atomic E-state index is 10.8. The summed E-state index contributed by atoms with van der Waals surface area (Å²) in [6.07, 6.45) is 0.705. The van der Waals surface area contributed by atoms with E-state index in [1.165, 1.54) is 0 Å². The topological polar surface area (TPSA) is 113 Å². The quantitative estimate of drug-likeness (QED) is 0.316. The Hall–Kier alpha value is -0.923. The Labute approximate surface area is 90.1 Å². The highest BCUT2D eigenvalue weighted by molar-refractivity contribution is 6.88. The molecule has 1 unspecified atom stereocenters. The van der Waals surface area contributed by atoms with Crippen LogP contribution in [0, 0.1) is 0 Å². The molecule has 0 bridgehead atoms. The lowest BCUT2D eigenvalue weighted by molar-refractivity contribution is -0.135. The van der Waals surface area contributed by atoms with Gasteiger partial charge < -0.3 is 21.3 Å². The second kappa shape index (κ2) is 8.39. The van der Waals surface area contributed by atoms with Gasteiger partial charge in [-0.1, -0.05) is 0 Å². The summed E-state index contributed by atoms with van der Waals surface area (Å²) in [4.78, 5) is 20.9. The van der Waals surface area contributed by atoms with E-state index < -0.39 is 20.4 Å². The number of nitrogens with two attached hydrogens (primary N) is 1. The lowest BCUT2D eigenvalue weighted by Gasteiger charge is -2.08. The van der Waals surface area contributed by atoms with Crippen LogP contribution in [-0.2, 0) is 4.79 Å². The van der Waals surface area contributed by atoms with Gasteiger partial charge in [-0.3, -0.25) is 9.59 Å². The summed E-state index contributed by atoms with van der Waals surface area (Å²) < 4.78 is 0. The first kappa shape index (κ1) is 14.1. The van der Waals surface area contributed by atoms with Crippen molar-refractivity contribution in [1.82, 2.24) is 5.32 Å². The van der Waals surface area contributed by atoms with Crippen LogP contribution in [0.3, 0.4) is 0 Å². The molecule has 7 heteroatoms. The van der Waals surface area contributed by atoms with Crippen LogP contribution >= 0.6 is 0 Å². The number of carbonyl (C=O) groups is 2. The van der Waals surface area contributed by atoms with Crippen LogP contribution < -0.4 is 11.1 Å². The standard InChI is InChI=1S/C8H18N2O4Si/c9-2-5-15(8(13)14)4-1-3-10-6-7(11)12/h10,15H,1-6,9H2,(H,11,12)(H,13,14). The van der Waals surface area contributed by atoms with Crippen molar-refractivity contribution in [1.29, 1.82) is 0 Å². The van der Waals surface area contributed by atoms with Crippen molar-refractivity contribution in [3.63, 3.8) is 0 Å². The lowest BCUT2D eigenvalue weighted by atomic mass is 10.5. The van der Waals surface area contributed by atoms with Crippen LogP contribution in [0.5, 0.6) is 0 Å². The molecule has 0 aliphatic heterocycles. The summed E-state index contributed by atoms with van der Waals surface area (Å²) in [5.41, 5.74) is 4.62. The summed E-state index contributed by atoms with van der Waals surface area (Å²) in [7, 11) is -1.77. The summed E-state index contributed by atoms with van der Waals surface area (Å²) >= 11 is 0. The predicted molar refractivity (Wildman–Crippen MR) is 59.0 cm³/mol. The van der Waals surface area contributed by atoms with E-state index in [0.717, 1.165) is 0 Å². The first-order chi connectivity index (χ1) is 7.07. The molecule has 1 atom stereocenters. The van der Waals surface area contributed by atoms with E-state index in [1.807, 2.05) is 0 Å². The summed E-state index contributed by atoms with van der Waals surface area (Å²) in [6.45, 7) is 0.898. The van der Waals surface area contributed by atoms with Gasteiger partial charge >= 0.3 is 5.97 Å². The van der Waals surface area contributed by atoms with Crippen molar-refractivity contribution in [3.8, 4) is 0 Å². The smallest absolute Gasteiger partial charge is 0.317 e. The van der Waals surface area contributed by atoms with E-state index in [-0.39, 0.29) is 6.54 Å². The van der Waals surface area contributed by atoms with Gasteiger partial charge in [-0.05, 0) is 31.6 Å². The van der Waals surface area contributed by atoms with Crippen LogP contribution in [0.15, 0.2) is 0 Å². The minimum absolute atomic E-state index is 0.0732. The molecule has 0 aliphatic carbocycles. The predicted octanol–water partition coefficient (Wildman–Crippen LogP) is -0.504. The minimum atomic E-state index is -1.77. The molecule has 0 amide bonds. The molecule has 0 radical (unpaired) electrons. The highest BCUT2D eigenvalue weighted by Gasteiger charge is 2.17. The Kier molecular flexibility index (Phi) is 7.87. The van der Waals surface area contributed by atoms with E-state index in [9.17, 15) is 9.59 Å². The molecule has 0 aromatic rings. The average molecular weight is 234 g/mol. The van der Waals surface area contributed by atoms with Gasteiger partial charge in [0.05, 0.1) is 6.54 Å². The van der Waals surface area contributed by atoms with Crippen molar-refractivity contribution < 1.29 is 19.8 Å². The van der Waals surface area contributed by atoms with Crippen molar-refractivity contribution in [2.45, 2.75) is 18.5 Å². The molecule has 0 spiro atoms. The van der Waals surface area contributed by atoms with Crippen molar-refractivity contribution in [3.05, 3.63) is 0 Å². The monoisotopic (exact) mass is 234 g/mol. The van der Waals surface area contributed by atoms with Crippen LogP contribution in [0.4, 0.5) is 4.79 Å². The third kappa shape index (κ3) is 8.10. The SMILES string of the molecule is NCC[SiH](CCCNCC(=O)O)C(=O)O. The van der Waals surface area contributed by atoms with Gasteiger partial charge in [0.25, 0.3) is 5.59 Å². The minimum Gasteiger partial charge on any atom is -0.486 e. The fourth-order valence-corrected chi connectivity index (χ4v) is 3.14. The molecule has 0 aliphatic rings. The zero-order valence-corrected chi connectivity index (χ0v) is 9.76. The number of rotatable bonds is 9. The second-order valence-electron chi connectivity index (χ2n) is 3.33. The molecule has 88 valence electrons. The third-order valence-electron chi connectivity index (χ3n) is 2.05. The largest absolute Gasteiger partial charge is 0.486 e. The average Bonchev–Trinajstić information content (AvgIpc) is 2.15. The molecule has 0 aromatic heterocycles. The van der Waals surface area contributed by atoms with Crippen LogP contribution in [0.2, 0.25) is 12.1 Å². The van der Waals surface area contributed by atoms with E-state index in [4.69, 9.17) is 15.9 Å². The number of carboxylic acids is 1. The van der Waals surface area contributed by atoms with Gasteiger partial charge in [0.2, 0.25) is 0 Å². The number of hydrogen-bond acceptors (Lipinski definition) is 4. The number of aliphatic carboxylic acids is 1.